The average molecular weight is 228 g/mol. The molecule has 0 heterocycles. The summed E-state index contributed by atoms with van der Waals surface area (Å²) in [6.45, 7) is 2.60. The lowest BCUT2D eigenvalue weighted by molar-refractivity contribution is -0.205. The van der Waals surface area contributed by atoms with Crippen LogP contribution in [0.1, 0.15) is 13.8 Å². The number of aliphatic hydroxyl groups is 1. The van der Waals surface area contributed by atoms with E-state index >= 15 is 0 Å². The monoisotopic (exact) mass is 228 g/mol. The van der Waals surface area contributed by atoms with E-state index in [1.807, 2.05) is 0 Å². The molecule has 0 aromatic rings. The molecule has 0 rings (SSSR count). The van der Waals surface area contributed by atoms with E-state index < -0.39 is 24.9 Å². The van der Waals surface area contributed by atoms with Crippen LogP contribution in [-0.4, -0.2) is 48.0 Å². The molecule has 0 aliphatic heterocycles. The summed E-state index contributed by atoms with van der Waals surface area (Å²) in [6.07, 6.45) is -7.22. The molecule has 0 spiro atoms. The molecule has 0 aromatic heterocycles. The number of carbonyl (C=O) groups is 1. The fourth-order valence-electron chi connectivity index (χ4n) is 0.803. The van der Waals surface area contributed by atoms with Crippen molar-refractivity contribution in [2.24, 2.45) is 0 Å². The van der Waals surface area contributed by atoms with Gasteiger partial charge in [0.15, 0.2) is 6.10 Å². The third kappa shape index (κ3) is 5.46. The Morgan fingerprint density at radius 2 is 1.93 bits per heavy atom. The minimum Gasteiger partial charge on any atom is -0.382 e. The van der Waals surface area contributed by atoms with Gasteiger partial charge in [0.1, 0.15) is 0 Å². The fraction of sp³-hybridized carbons (Fsp3) is 0.875. The van der Waals surface area contributed by atoms with Crippen LogP contribution >= 0.6 is 0 Å². The maximum absolute atomic E-state index is 11.9. The molecule has 2 amide bonds. The largest absolute Gasteiger partial charge is 0.416 e. The van der Waals surface area contributed by atoms with E-state index in [9.17, 15) is 18.0 Å². The van der Waals surface area contributed by atoms with Crippen LogP contribution in [0.15, 0.2) is 0 Å². The van der Waals surface area contributed by atoms with Gasteiger partial charge >= 0.3 is 12.2 Å². The predicted molar refractivity (Wildman–Crippen MR) is 48.4 cm³/mol. The number of urea groups is 1. The molecule has 0 radical (unpaired) electrons. The Morgan fingerprint density at radius 1 is 1.47 bits per heavy atom. The standard InChI is InChI=1S/C8H15F3N2O2/c1-5(2)12-7(15)13(3)4-6(14)8(9,10)11/h5-6,14H,4H2,1-3H3,(H,12,15)/t6-/m1/s1. The fourth-order valence-corrected chi connectivity index (χ4v) is 0.803. The second-order valence-electron chi connectivity index (χ2n) is 3.54. The highest BCUT2D eigenvalue weighted by atomic mass is 19.4. The van der Waals surface area contributed by atoms with Gasteiger partial charge < -0.3 is 15.3 Å². The van der Waals surface area contributed by atoms with Crippen molar-refractivity contribution < 1.29 is 23.1 Å². The first-order valence-corrected chi connectivity index (χ1v) is 4.41. The van der Waals surface area contributed by atoms with Gasteiger partial charge in [0.05, 0.1) is 6.54 Å². The third-order valence-corrected chi connectivity index (χ3v) is 1.58. The molecule has 2 N–H and O–H groups in total. The van der Waals surface area contributed by atoms with Crippen molar-refractivity contribution >= 4 is 6.03 Å². The summed E-state index contributed by atoms with van der Waals surface area (Å²) < 4.78 is 35.8. The summed E-state index contributed by atoms with van der Waals surface area (Å²) in [5, 5.41) is 11.1. The van der Waals surface area contributed by atoms with E-state index in [2.05, 4.69) is 5.32 Å². The Bertz CT molecular complexity index is 218. The Hall–Kier alpha value is -0.980. The van der Waals surface area contributed by atoms with Gasteiger partial charge in [-0.2, -0.15) is 13.2 Å². The molecule has 0 aliphatic rings. The third-order valence-electron chi connectivity index (χ3n) is 1.58. The molecule has 0 bridgehead atoms. The number of hydrogen-bond donors (Lipinski definition) is 2. The summed E-state index contributed by atoms with van der Waals surface area (Å²) in [4.78, 5) is 11.9. The summed E-state index contributed by atoms with van der Waals surface area (Å²) in [5.41, 5.74) is 0. The lowest BCUT2D eigenvalue weighted by Crippen LogP contribution is -2.47. The highest BCUT2D eigenvalue weighted by molar-refractivity contribution is 5.74. The Kier molecular flexibility index (Phi) is 4.86. The van der Waals surface area contributed by atoms with Crippen LogP contribution in [0, 0.1) is 0 Å². The molecule has 0 fully saturated rings. The van der Waals surface area contributed by atoms with Crippen LogP contribution in [-0.2, 0) is 0 Å². The van der Waals surface area contributed by atoms with Gasteiger partial charge in [-0.25, -0.2) is 4.79 Å². The van der Waals surface area contributed by atoms with Gasteiger partial charge in [-0.3, -0.25) is 0 Å². The number of hydrogen-bond acceptors (Lipinski definition) is 2. The van der Waals surface area contributed by atoms with Crippen molar-refractivity contribution in [3.05, 3.63) is 0 Å². The normalized spacial score (nSPS) is 13.9. The first-order valence-electron chi connectivity index (χ1n) is 4.41. The average Bonchev–Trinajstić information content (AvgIpc) is 2.00. The van der Waals surface area contributed by atoms with E-state index in [1.165, 1.54) is 7.05 Å². The molecule has 90 valence electrons. The van der Waals surface area contributed by atoms with Gasteiger partial charge in [0, 0.05) is 13.1 Å². The quantitative estimate of drug-likeness (QED) is 0.756. The van der Waals surface area contributed by atoms with Crippen LogP contribution < -0.4 is 5.32 Å². The van der Waals surface area contributed by atoms with Crippen LogP contribution in [0.5, 0.6) is 0 Å². The number of nitrogens with zero attached hydrogens (tertiary/aromatic N) is 1. The Balaban J connectivity index is 4.13. The number of alkyl halides is 3. The minimum atomic E-state index is -4.70. The van der Waals surface area contributed by atoms with Crippen molar-refractivity contribution in [1.29, 1.82) is 0 Å². The molecular weight excluding hydrogens is 213 g/mol. The lowest BCUT2D eigenvalue weighted by atomic mass is 10.3. The molecule has 4 nitrogen and oxygen atoms in total. The summed E-state index contributed by atoms with van der Waals surface area (Å²) in [5.74, 6) is 0. The van der Waals surface area contributed by atoms with E-state index in [-0.39, 0.29) is 6.04 Å². The van der Waals surface area contributed by atoms with Gasteiger partial charge in [-0.05, 0) is 13.8 Å². The molecule has 15 heavy (non-hydrogen) atoms. The topological polar surface area (TPSA) is 52.6 Å². The zero-order valence-electron chi connectivity index (χ0n) is 8.80. The zero-order valence-corrected chi connectivity index (χ0v) is 8.80. The number of halogens is 3. The Morgan fingerprint density at radius 3 is 2.27 bits per heavy atom. The molecule has 0 saturated heterocycles. The summed E-state index contributed by atoms with van der Waals surface area (Å²) >= 11 is 0. The van der Waals surface area contributed by atoms with Gasteiger partial charge in [-0.15, -0.1) is 0 Å². The number of amides is 2. The van der Waals surface area contributed by atoms with Crippen LogP contribution in [0.25, 0.3) is 0 Å². The van der Waals surface area contributed by atoms with Crippen molar-refractivity contribution in [3.8, 4) is 0 Å². The molecule has 0 aromatic carbocycles. The van der Waals surface area contributed by atoms with E-state index in [1.54, 1.807) is 13.8 Å². The van der Waals surface area contributed by atoms with Gasteiger partial charge in [0.25, 0.3) is 0 Å². The highest BCUT2D eigenvalue weighted by Crippen LogP contribution is 2.20. The second-order valence-corrected chi connectivity index (χ2v) is 3.54. The molecular formula is C8H15F3N2O2. The smallest absolute Gasteiger partial charge is 0.382 e. The molecule has 7 heteroatoms. The van der Waals surface area contributed by atoms with Crippen LogP contribution in [0.4, 0.5) is 18.0 Å². The lowest BCUT2D eigenvalue weighted by Gasteiger charge is -2.23. The van der Waals surface area contributed by atoms with Gasteiger partial charge in [0.2, 0.25) is 0 Å². The van der Waals surface area contributed by atoms with Gasteiger partial charge in [-0.1, -0.05) is 0 Å². The number of rotatable bonds is 3. The van der Waals surface area contributed by atoms with Crippen molar-refractivity contribution in [3.63, 3.8) is 0 Å². The van der Waals surface area contributed by atoms with Crippen LogP contribution in [0.3, 0.4) is 0 Å². The van der Waals surface area contributed by atoms with E-state index in [0.29, 0.717) is 0 Å². The predicted octanol–water partition coefficient (Wildman–Crippen LogP) is 0.959. The summed E-state index contributed by atoms with van der Waals surface area (Å²) in [7, 11) is 1.19. The maximum atomic E-state index is 11.9. The Labute approximate surface area is 86.1 Å². The zero-order chi connectivity index (χ0) is 12.2. The SMILES string of the molecule is CC(C)NC(=O)N(C)C[C@@H](O)C(F)(F)F. The number of aliphatic hydroxyl groups excluding tert-OH is 1. The molecule has 1 atom stereocenters. The van der Waals surface area contributed by atoms with Crippen molar-refractivity contribution in [1.82, 2.24) is 10.2 Å². The number of nitrogens with one attached hydrogen (secondary N) is 1. The molecule has 0 saturated carbocycles. The maximum Gasteiger partial charge on any atom is 0.416 e. The highest BCUT2D eigenvalue weighted by Gasteiger charge is 2.39. The minimum absolute atomic E-state index is 0.164. The molecule has 0 unspecified atom stereocenters. The van der Waals surface area contributed by atoms with E-state index in [0.717, 1.165) is 4.90 Å². The van der Waals surface area contributed by atoms with Crippen molar-refractivity contribution in [2.45, 2.75) is 32.2 Å². The summed E-state index contributed by atoms with van der Waals surface area (Å²) in [6, 6.07) is -0.809. The number of likely N-dealkylation sites (N-methyl/N-ethyl adjacent to an activating group) is 1. The van der Waals surface area contributed by atoms with E-state index in [4.69, 9.17) is 5.11 Å². The first kappa shape index (κ1) is 14.0. The van der Waals surface area contributed by atoms with Crippen LogP contribution in [0.2, 0.25) is 0 Å². The first-order chi connectivity index (χ1) is 6.64. The van der Waals surface area contributed by atoms with Crippen molar-refractivity contribution in [2.75, 3.05) is 13.6 Å². The number of carbonyl (C=O) groups excluding carboxylic acids is 1. The second kappa shape index (κ2) is 5.20. The molecule has 0 aliphatic carbocycles.